The van der Waals surface area contributed by atoms with Crippen LogP contribution in [0.15, 0.2) is 47.4 Å². The maximum Gasteiger partial charge on any atom is 0.197 e. The molecule has 0 bridgehead atoms. The van der Waals surface area contributed by atoms with Crippen molar-refractivity contribution in [2.75, 3.05) is 26.4 Å². The van der Waals surface area contributed by atoms with Gasteiger partial charge in [-0.15, -0.1) is 0 Å². The SMILES string of the molecule is Cc1ccc(COc2ccc3c(c2)CCn2c(OC[C@@H]4COCCO4)cc(=O)c(C)c2-3)cn1. The number of hydrogen-bond acceptors (Lipinski definition) is 6. The van der Waals surface area contributed by atoms with Crippen LogP contribution < -0.4 is 14.9 Å². The van der Waals surface area contributed by atoms with Crippen LogP contribution in [-0.4, -0.2) is 42.1 Å². The second-order valence-corrected chi connectivity index (χ2v) is 8.52. The smallest absolute Gasteiger partial charge is 0.197 e. The lowest BCUT2D eigenvalue weighted by atomic mass is 9.94. The van der Waals surface area contributed by atoms with Crippen LogP contribution >= 0.6 is 0 Å². The molecule has 4 heterocycles. The van der Waals surface area contributed by atoms with Gasteiger partial charge in [-0.05, 0) is 50.1 Å². The summed E-state index contributed by atoms with van der Waals surface area (Å²) in [6.07, 6.45) is 2.55. The molecule has 1 saturated heterocycles. The third kappa shape index (κ3) is 4.65. The molecular formula is C26H28N2O5. The topological polar surface area (TPSA) is 71.8 Å². The molecule has 0 unspecified atom stereocenters. The quantitative estimate of drug-likeness (QED) is 0.575. The molecule has 7 nitrogen and oxygen atoms in total. The Balaban J connectivity index is 1.38. The fourth-order valence-corrected chi connectivity index (χ4v) is 4.31. The summed E-state index contributed by atoms with van der Waals surface area (Å²) in [6.45, 7) is 7.08. The summed E-state index contributed by atoms with van der Waals surface area (Å²) in [5.41, 5.74) is 5.83. The Morgan fingerprint density at radius 3 is 2.82 bits per heavy atom. The molecule has 0 spiro atoms. The van der Waals surface area contributed by atoms with E-state index in [1.165, 1.54) is 0 Å². The molecule has 7 heteroatoms. The lowest BCUT2D eigenvalue weighted by Gasteiger charge is -2.28. The molecule has 0 N–H and O–H groups in total. The van der Waals surface area contributed by atoms with Crippen LogP contribution in [0.4, 0.5) is 0 Å². The number of aryl methyl sites for hydroxylation is 2. The van der Waals surface area contributed by atoms with Crippen molar-refractivity contribution in [2.45, 2.75) is 39.5 Å². The molecule has 0 aliphatic carbocycles. The zero-order valence-electron chi connectivity index (χ0n) is 19.0. The van der Waals surface area contributed by atoms with Crippen molar-refractivity contribution in [3.05, 3.63) is 75.2 Å². The summed E-state index contributed by atoms with van der Waals surface area (Å²) in [5.74, 6) is 1.39. The van der Waals surface area contributed by atoms with Crippen LogP contribution in [0.2, 0.25) is 0 Å². The molecule has 172 valence electrons. The predicted octanol–water partition coefficient (Wildman–Crippen LogP) is 3.46. The summed E-state index contributed by atoms with van der Waals surface area (Å²) < 4.78 is 25.3. The first-order valence-electron chi connectivity index (χ1n) is 11.3. The van der Waals surface area contributed by atoms with Crippen molar-refractivity contribution in [2.24, 2.45) is 0 Å². The van der Waals surface area contributed by atoms with Gasteiger partial charge in [0.2, 0.25) is 0 Å². The molecule has 33 heavy (non-hydrogen) atoms. The minimum absolute atomic E-state index is 0.0305. The van der Waals surface area contributed by atoms with Crippen LogP contribution in [0, 0.1) is 13.8 Å². The molecule has 3 aromatic rings. The van der Waals surface area contributed by atoms with Crippen LogP contribution in [0.5, 0.6) is 11.6 Å². The van der Waals surface area contributed by atoms with Gasteiger partial charge in [0.15, 0.2) is 11.3 Å². The highest BCUT2D eigenvalue weighted by Gasteiger charge is 2.23. The first-order valence-corrected chi connectivity index (χ1v) is 11.3. The molecule has 0 amide bonds. The highest BCUT2D eigenvalue weighted by Crippen LogP contribution is 2.35. The molecule has 1 aromatic carbocycles. The van der Waals surface area contributed by atoms with Gasteiger partial charge < -0.3 is 23.5 Å². The summed E-state index contributed by atoms with van der Waals surface area (Å²) in [4.78, 5) is 17.1. The van der Waals surface area contributed by atoms with Crippen molar-refractivity contribution in [3.8, 4) is 22.9 Å². The van der Waals surface area contributed by atoms with E-state index in [2.05, 4.69) is 15.6 Å². The molecule has 0 radical (unpaired) electrons. The number of benzene rings is 1. The van der Waals surface area contributed by atoms with Gasteiger partial charge in [-0.1, -0.05) is 6.07 Å². The minimum atomic E-state index is -0.120. The third-order valence-electron chi connectivity index (χ3n) is 6.13. The third-order valence-corrected chi connectivity index (χ3v) is 6.13. The van der Waals surface area contributed by atoms with Gasteiger partial charge in [0.1, 0.15) is 25.1 Å². The number of ether oxygens (including phenoxy) is 4. The lowest BCUT2D eigenvalue weighted by Crippen LogP contribution is -2.34. The zero-order valence-corrected chi connectivity index (χ0v) is 19.0. The molecule has 2 aliphatic rings. The highest BCUT2D eigenvalue weighted by atomic mass is 16.6. The summed E-state index contributed by atoms with van der Waals surface area (Å²) in [7, 11) is 0. The van der Waals surface area contributed by atoms with E-state index in [4.69, 9.17) is 18.9 Å². The Labute approximate surface area is 192 Å². The molecule has 1 atom stereocenters. The maximum absolute atomic E-state index is 12.7. The van der Waals surface area contributed by atoms with Gasteiger partial charge in [-0.2, -0.15) is 0 Å². The highest BCUT2D eigenvalue weighted by molar-refractivity contribution is 5.70. The monoisotopic (exact) mass is 448 g/mol. The molecule has 2 aromatic heterocycles. The van der Waals surface area contributed by atoms with E-state index < -0.39 is 0 Å². The minimum Gasteiger partial charge on any atom is -0.489 e. The maximum atomic E-state index is 12.7. The van der Waals surface area contributed by atoms with Gasteiger partial charge >= 0.3 is 0 Å². The second kappa shape index (κ2) is 9.37. The van der Waals surface area contributed by atoms with E-state index in [9.17, 15) is 4.79 Å². The normalized spacial score (nSPS) is 17.2. The zero-order chi connectivity index (χ0) is 22.8. The molecule has 5 rings (SSSR count). The average Bonchev–Trinajstić information content (AvgIpc) is 2.85. The molecule has 0 saturated carbocycles. The average molecular weight is 449 g/mol. The van der Waals surface area contributed by atoms with Crippen LogP contribution in [0.25, 0.3) is 11.3 Å². The second-order valence-electron chi connectivity index (χ2n) is 8.52. The van der Waals surface area contributed by atoms with E-state index in [1.54, 1.807) is 6.07 Å². The first-order chi connectivity index (χ1) is 16.1. The fourth-order valence-electron chi connectivity index (χ4n) is 4.31. The fraction of sp³-hybridized carbons (Fsp3) is 0.385. The predicted molar refractivity (Wildman–Crippen MR) is 124 cm³/mol. The van der Waals surface area contributed by atoms with Gasteiger partial charge in [0.25, 0.3) is 0 Å². The summed E-state index contributed by atoms with van der Waals surface area (Å²) >= 11 is 0. The van der Waals surface area contributed by atoms with Crippen molar-refractivity contribution in [1.82, 2.24) is 9.55 Å². The van der Waals surface area contributed by atoms with E-state index >= 15 is 0 Å². The van der Waals surface area contributed by atoms with Crippen LogP contribution in [0.1, 0.15) is 22.4 Å². The number of pyridine rings is 2. The van der Waals surface area contributed by atoms with E-state index in [-0.39, 0.29) is 11.5 Å². The first kappa shape index (κ1) is 21.7. The van der Waals surface area contributed by atoms with Crippen molar-refractivity contribution in [3.63, 3.8) is 0 Å². The van der Waals surface area contributed by atoms with E-state index in [1.807, 2.05) is 44.3 Å². The Morgan fingerprint density at radius 2 is 2.03 bits per heavy atom. The number of fused-ring (bicyclic) bond motifs is 3. The summed E-state index contributed by atoms with van der Waals surface area (Å²) in [5, 5.41) is 0. The number of rotatable bonds is 6. The summed E-state index contributed by atoms with van der Waals surface area (Å²) in [6, 6.07) is 11.7. The van der Waals surface area contributed by atoms with Crippen LogP contribution in [0.3, 0.4) is 0 Å². The number of hydrogen-bond donors (Lipinski definition) is 0. The Hall–Kier alpha value is -3.16. The Morgan fingerprint density at radius 1 is 1.12 bits per heavy atom. The Bertz CT molecular complexity index is 1200. The van der Waals surface area contributed by atoms with Gasteiger partial charge in [0.05, 0.1) is 25.5 Å². The molecule has 2 aliphatic heterocycles. The Kier molecular flexibility index (Phi) is 6.15. The van der Waals surface area contributed by atoms with E-state index in [0.29, 0.717) is 38.9 Å². The largest absolute Gasteiger partial charge is 0.489 e. The van der Waals surface area contributed by atoms with E-state index in [0.717, 1.165) is 52.4 Å². The number of nitrogens with zero attached hydrogens (tertiary/aromatic N) is 2. The van der Waals surface area contributed by atoms with Gasteiger partial charge in [0, 0.05) is 41.2 Å². The lowest BCUT2D eigenvalue weighted by molar-refractivity contribution is -0.102. The van der Waals surface area contributed by atoms with Gasteiger partial charge in [-0.25, -0.2) is 0 Å². The van der Waals surface area contributed by atoms with Crippen molar-refractivity contribution >= 4 is 0 Å². The molecule has 1 fully saturated rings. The number of aromatic nitrogens is 2. The molecular weight excluding hydrogens is 420 g/mol. The van der Waals surface area contributed by atoms with Crippen molar-refractivity contribution < 1.29 is 18.9 Å². The standard InChI is InChI=1S/C26H28N2O5/c1-17-3-4-19(13-27-17)14-32-21-5-6-23-20(11-21)7-8-28-25(12-24(29)18(2)26(23)28)33-16-22-15-30-9-10-31-22/h3-6,11-13,22H,7-10,14-16H2,1-2H3/t22-/m0/s1. The van der Waals surface area contributed by atoms with Crippen LogP contribution in [-0.2, 0) is 29.0 Å². The van der Waals surface area contributed by atoms with Crippen molar-refractivity contribution in [1.29, 1.82) is 0 Å². The van der Waals surface area contributed by atoms with Gasteiger partial charge in [-0.3, -0.25) is 9.78 Å².